The quantitative estimate of drug-likeness (QED) is 0.753. The van der Waals surface area contributed by atoms with E-state index in [0.29, 0.717) is 20.8 Å². The van der Waals surface area contributed by atoms with Crippen LogP contribution in [0.25, 0.3) is 10.2 Å². The first kappa shape index (κ1) is 15.5. The molecular weight excluding hydrogens is 338 g/mol. The Kier molecular flexibility index (Phi) is 4.31. The lowest BCUT2D eigenvalue weighted by Gasteiger charge is -2.08. The molecule has 2 heterocycles. The summed E-state index contributed by atoms with van der Waals surface area (Å²) in [5, 5.41) is 4.74. The number of rotatable bonds is 4. The summed E-state index contributed by atoms with van der Waals surface area (Å²) in [5.74, 6) is -0.350. The van der Waals surface area contributed by atoms with Crippen LogP contribution in [0.15, 0.2) is 45.3 Å². The SMILES string of the molecule is O=C(NCCn1c(=O)[nH]c2ccsc2c1=O)c1ccccc1Cl. The van der Waals surface area contributed by atoms with Crippen LogP contribution in [0.5, 0.6) is 0 Å². The molecule has 2 N–H and O–H groups in total. The van der Waals surface area contributed by atoms with Gasteiger partial charge in [-0.2, -0.15) is 0 Å². The van der Waals surface area contributed by atoms with Crippen LogP contribution in [0.4, 0.5) is 0 Å². The Morgan fingerprint density at radius 3 is 2.83 bits per heavy atom. The Labute approximate surface area is 139 Å². The van der Waals surface area contributed by atoms with Crippen LogP contribution in [-0.4, -0.2) is 22.0 Å². The summed E-state index contributed by atoms with van der Waals surface area (Å²) in [5.41, 5.74) is 0.0316. The molecule has 0 atom stereocenters. The maximum atomic E-state index is 12.2. The molecule has 0 aliphatic heterocycles. The van der Waals surface area contributed by atoms with Crippen LogP contribution in [0, 0.1) is 0 Å². The van der Waals surface area contributed by atoms with Gasteiger partial charge < -0.3 is 10.3 Å². The van der Waals surface area contributed by atoms with E-state index in [0.717, 1.165) is 4.57 Å². The molecule has 2 aromatic heterocycles. The predicted molar refractivity (Wildman–Crippen MR) is 90.5 cm³/mol. The number of hydrogen-bond acceptors (Lipinski definition) is 4. The van der Waals surface area contributed by atoms with Crippen LogP contribution in [0.3, 0.4) is 0 Å². The molecule has 1 amide bonds. The van der Waals surface area contributed by atoms with E-state index in [2.05, 4.69) is 10.3 Å². The van der Waals surface area contributed by atoms with E-state index in [1.54, 1.807) is 35.7 Å². The van der Waals surface area contributed by atoms with Crippen molar-refractivity contribution < 1.29 is 4.79 Å². The standard InChI is InChI=1S/C15H12ClN3O3S/c16-10-4-2-1-3-9(10)13(20)17-6-7-19-14(21)12-11(5-8-23-12)18-15(19)22/h1-5,8H,6-7H2,(H,17,20)(H,18,22). The Balaban J connectivity index is 1.74. The molecule has 3 rings (SSSR count). The number of aromatic amines is 1. The van der Waals surface area contributed by atoms with Crippen molar-refractivity contribution in [2.45, 2.75) is 6.54 Å². The number of thiophene rings is 1. The van der Waals surface area contributed by atoms with Crippen LogP contribution in [0.1, 0.15) is 10.4 Å². The zero-order valence-corrected chi connectivity index (χ0v) is 13.4. The Hall–Kier alpha value is -2.38. The van der Waals surface area contributed by atoms with Gasteiger partial charge in [0.25, 0.3) is 11.5 Å². The van der Waals surface area contributed by atoms with Crippen LogP contribution in [0.2, 0.25) is 5.02 Å². The highest BCUT2D eigenvalue weighted by atomic mass is 35.5. The molecule has 0 bridgehead atoms. The lowest BCUT2D eigenvalue weighted by molar-refractivity contribution is 0.0952. The highest BCUT2D eigenvalue weighted by molar-refractivity contribution is 7.17. The fourth-order valence-corrected chi connectivity index (χ4v) is 3.21. The number of carbonyl (C=O) groups is 1. The summed E-state index contributed by atoms with van der Waals surface area (Å²) in [6.07, 6.45) is 0. The van der Waals surface area contributed by atoms with Gasteiger partial charge in [-0.3, -0.25) is 14.2 Å². The number of carbonyl (C=O) groups excluding carboxylic acids is 1. The molecule has 0 spiro atoms. The molecule has 0 saturated carbocycles. The lowest BCUT2D eigenvalue weighted by Crippen LogP contribution is -2.38. The predicted octanol–water partition coefficient (Wildman–Crippen LogP) is 1.83. The van der Waals surface area contributed by atoms with Gasteiger partial charge in [-0.15, -0.1) is 11.3 Å². The van der Waals surface area contributed by atoms with E-state index in [1.165, 1.54) is 11.3 Å². The summed E-state index contributed by atoms with van der Waals surface area (Å²) < 4.78 is 1.56. The molecule has 0 unspecified atom stereocenters. The van der Waals surface area contributed by atoms with Crippen molar-refractivity contribution in [1.82, 2.24) is 14.9 Å². The third kappa shape index (κ3) is 3.06. The van der Waals surface area contributed by atoms with E-state index >= 15 is 0 Å². The number of H-pyrrole nitrogens is 1. The minimum absolute atomic E-state index is 0.0815. The molecule has 0 aliphatic rings. The average molecular weight is 350 g/mol. The molecule has 118 valence electrons. The molecule has 0 aliphatic carbocycles. The molecular formula is C15H12ClN3O3S. The number of nitrogens with zero attached hydrogens (tertiary/aromatic N) is 1. The van der Waals surface area contributed by atoms with Crippen molar-refractivity contribution in [1.29, 1.82) is 0 Å². The molecule has 0 radical (unpaired) electrons. The zero-order chi connectivity index (χ0) is 16.4. The first-order valence-electron chi connectivity index (χ1n) is 6.81. The molecule has 1 aromatic carbocycles. The monoisotopic (exact) mass is 349 g/mol. The summed E-state index contributed by atoms with van der Waals surface area (Å²) in [6, 6.07) is 8.35. The number of halogens is 1. The fraction of sp³-hybridized carbons (Fsp3) is 0.133. The van der Waals surface area contributed by atoms with Gasteiger partial charge in [0.15, 0.2) is 0 Å². The number of hydrogen-bond donors (Lipinski definition) is 2. The normalized spacial score (nSPS) is 10.8. The lowest BCUT2D eigenvalue weighted by atomic mass is 10.2. The summed E-state index contributed by atoms with van der Waals surface area (Å²) in [6.45, 7) is 0.224. The van der Waals surface area contributed by atoms with Gasteiger partial charge >= 0.3 is 5.69 Å². The van der Waals surface area contributed by atoms with Crippen LogP contribution < -0.4 is 16.6 Å². The van der Waals surface area contributed by atoms with E-state index in [-0.39, 0.29) is 24.6 Å². The first-order chi connectivity index (χ1) is 11.1. The maximum Gasteiger partial charge on any atom is 0.328 e. The van der Waals surface area contributed by atoms with Crippen molar-refractivity contribution in [2.75, 3.05) is 6.54 Å². The molecule has 3 aromatic rings. The Morgan fingerprint density at radius 1 is 1.26 bits per heavy atom. The molecule has 8 heteroatoms. The summed E-state index contributed by atoms with van der Waals surface area (Å²) in [4.78, 5) is 38.8. The number of fused-ring (bicyclic) bond motifs is 1. The van der Waals surface area contributed by atoms with Gasteiger partial charge in [0, 0.05) is 13.1 Å². The van der Waals surface area contributed by atoms with E-state index in [9.17, 15) is 14.4 Å². The van der Waals surface area contributed by atoms with E-state index < -0.39 is 5.69 Å². The number of benzene rings is 1. The van der Waals surface area contributed by atoms with Gasteiger partial charge in [-0.05, 0) is 23.6 Å². The number of nitrogens with one attached hydrogen (secondary N) is 2. The third-order valence-corrected chi connectivity index (χ3v) is 4.56. The molecule has 0 fully saturated rings. The highest BCUT2D eigenvalue weighted by Crippen LogP contribution is 2.14. The van der Waals surface area contributed by atoms with Gasteiger partial charge in [-0.25, -0.2) is 4.79 Å². The summed E-state index contributed by atoms with van der Waals surface area (Å²) >= 11 is 7.22. The minimum atomic E-state index is -0.493. The molecule has 0 saturated heterocycles. The average Bonchev–Trinajstić information content (AvgIpc) is 2.99. The van der Waals surface area contributed by atoms with Crippen molar-refractivity contribution in [3.8, 4) is 0 Å². The number of aromatic nitrogens is 2. The molecule has 23 heavy (non-hydrogen) atoms. The Bertz CT molecular complexity index is 989. The van der Waals surface area contributed by atoms with Crippen molar-refractivity contribution >= 4 is 39.1 Å². The largest absolute Gasteiger partial charge is 0.350 e. The smallest absolute Gasteiger partial charge is 0.328 e. The van der Waals surface area contributed by atoms with Crippen molar-refractivity contribution in [2.24, 2.45) is 0 Å². The fourth-order valence-electron chi connectivity index (χ4n) is 2.20. The van der Waals surface area contributed by atoms with Gasteiger partial charge in [0.05, 0.1) is 16.1 Å². The second kappa shape index (κ2) is 6.39. The van der Waals surface area contributed by atoms with E-state index in [4.69, 9.17) is 11.6 Å². The van der Waals surface area contributed by atoms with Crippen molar-refractivity contribution in [3.63, 3.8) is 0 Å². The second-order valence-electron chi connectivity index (χ2n) is 4.79. The number of amides is 1. The van der Waals surface area contributed by atoms with Crippen LogP contribution in [-0.2, 0) is 6.54 Å². The second-order valence-corrected chi connectivity index (χ2v) is 6.11. The Morgan fingerprint density at radius 2 is 2.04 bits per heavy atom. The summed E-state index contributed by atoms with van der Waals surface area (Å²) in [7, 11) is 0. The maximum absolute atomic E-state index is 12.2. The minimum Gasteiger partial charge on any atom is -0.350 e. The first-order valence-corrected chi connectivity index (χ1v) is 8.07. The van der Waals surface area contributed by atoms with Gasteiger partial charge in [-0.1, -0.05) is 23.7 Å². The highest BCUT2D eigenvalue weighted by Gasteiger charge is 2.11. The van der Waals surface area contributed by atoms with E-state index in [1.807, 2.05) is 0 Å². The van der Waals surface area contributed by atoms with Crippen LogP contribution >= 0.6 is 22.9 Å². The molecule has 6 nitrogen and oxygen atoms in total. The topological polar surface area (TPSA) is 84.0 Å². The van der Waals surface area contributed by atoms with Gasteiger partial charge in [0.1, 0.15) is 4.70 Å². The van der Waals surface area contributed by atoms with Crippen molar-refractivity contribution in [3.05, 3.63) is 67.1 Å². The van der Waals surface area contributed by atoms with Gasteiger partial charge in [0.2, 0.25) is 0 Å². The third-order valence-electron chi connectivity index (χ3n) is 3.33. The zero-order valence-electron chi connectivity index (χ0n) is 11.8.